The predicted octanol–water partition coefficient (Wildman–Crippen LogP) is 3.34. The van der Waals surface area contributed by atoms with Crippen molar-refractivity contribution in [3.05, 3.63) is 65.9 Å². The predicted molar refractivity (Wildman–Crippen MR) is 117 cm³/mol. The molecule has 0 saturated heterocycles. The van der Waals surface area contributed by atoms with Crippen LogP contribution in [0.2, 0.25) is 0 Å². The van der Waals surface area contributed by atoms with E-state index in [2.05, 4.69) is 10.3 Å². The van der Waals surface area contributed by atoms with Crippen molar-refractivity contribution in [2.24, 2.45) is 0 Å². The van der Waals surface area contributed by atoms with E-state index in [1.807, 2.05) is 54.7 Å². The van der Waals surface area contributed by atoms with Gasteiger partial charge in [0.1, 0.15) is 11.5 Å². The quantitative estimate of drug-likeness (QED) is 0.489. The molecule has 2 aromatic carbocycles. The van der Waals surface area contributed by atoms with Crippen LogP contribution in [0.4, 0.5) is 0 Å². The van der Waals surface area contributed by atoms with Gasteiger partial charge in [-0.2, -0.15) is 0 Å². The van der Waals surface area contributed by atoms with E-state index < -0.39 is 11.9 Å². The molecule has 0 fully saturated rings. The molecule has 7 heteroatoms. The van der Waals surface area contributed by atoms with Crippen LogP contribution in [0.5, 0.6) is 5.75 Å². The molecule has 0 saturated carbocycles. The number of nitrogens with one attached hydrogen (secondary N) is 2. The first kappa shape index (κ1) is 22.1. The minimum atomic E-state index is -0.561. The molecule has 1 heterocycles. The standard InChI is InChI=1S/C24H26N2O5/c1-16(27)7-12-24(29)31-15-23(28)26-13-20(17-8-10-18(30-2)11-9-17)21-14-25-22-6-4-3-5-19(21)22/h3-6,8-11,14,20,25H,7,12-13,15H2,1-2H3,(H,26,28)/t20-/m1/s1. The molecule has 3 aromatic rings. The van der Waals surface area contributed by atoms with Gasteiger partial charge in [0, 0.05) is 36.0 Å². The van der Waals surface area contributed by atoms with Crippen molar-refractivity contribution in [1.29, 1.82) is 0 Å². The zero-order chi connectivity index (χ0) is 22.2. The Hall–Kier alpha value is -3.61. The Labute approximate surface area is 180 Å². The third-order valence-electron chi connectivity index (χ3n) is 5.06. The van der Waals surface area contributed by atoms with Gasteiger partial charge in [0.2, 0.25) is 0 Å². The molecule has 2 N–H and O–H groups in total. The van der Waals surface area contributed by atoms with E-state index in [-0.39, 0.29) is 31.1 Å². The number of methoxy groups -OCH3 is 1. The highest BCUT2D eigenvalue weighted by atomic mass is 16.5. The Bertz CT molecular complexity index is 1060. The van der Waals surface area contributed by atoms with Crippen LogP contribution in [-0.4, -0.2) is 42.9 Å². The Kier molecular flexibility index (Phi) is 7.43. The van der Waals surface area contributed by atoms with Gasteiger partial charge in [0.25, 0.3) is 5.91 Å². The SMILES string of the molecule is COc1ccc([C@@H](CNC(=O)COC(=O)CCC(C)=O)c2c[nH]c3ccccc23)cc1. The van der Waals surface area contributed by atoms with Gasteiger partial charge in [-0.25, -0.2) is 0 Å². The number of Topliss-reactive ketones (excluding diaryl/α,β-unsaturated/α-hetero) is 1. The first-order valence-corrected chi connectivity index (χ1v) is 10.1. The van der Waals surface area contributed by atoms with Gasteiger partial charge in [-0.15, -0.1) is 0 Å². The molecule has 0 radical (unpaired) electrons. The van der Waals surface area contributed by atoms with Gasteiger partial charge in [-0.1, -0.05) is 30.3 Å². The normalized spacial score (nSPS) is 11.7. The van der Waals surface area contributed by atoms with Crippen molar-refractivity contribution in [2.45, 2.75) is 25.7 Å². The molecule has 7 nitrogen and oxygen atoms in total. The summed E-state index contributed by atoms with van der Waals surface area (Å²) < 4.78 is 10.2. The Morgan fingerprint density at radius 2 is 1.77 bits per heavy atom. The molecule has 1 atom stereocenters. The Morgan fingerprint density at radius 3 is 2.48 bits per heavy atom. The lowest BCUT2D eigenvalue weighted by Crippen LogP contribution is -2.32. The van der Waals surface area contributed by atoms with E-state index in [0.717, 1.165) is 27.8 Å². The summed E-state index contributed by atoms with van der Waals surface area (Å²) in [6.45, 7) is 1.36. The molecule has 0 aliphatic carbocycles. The maximum absolute atomic E-state index is 12.3. The number of esters is 1. The fourth-order valence-corrected chi connectivity index (χ4v) is 3.39. The van der Waals surface area contributed by atoms with Crippen LogP contribution in [0.25, 0.3) is 10.9 Å². The molecule has 1 aromatic heterocycles. The Balaban J connectivity index is 1.71. The molecule has 0 unspecified atom stereocenters. The molecular formula is C24H26N2O5. The first-order valence-electron chi connectivity index (χ1n) is 10.1. The van der Waals surface area contributed by atoms with Crippen LogP contribution in [0.1, 0.15) is 36.8 Å². The maximum atomic E-state index is 12.3. The van der Waals surface area contributed by atoms with Crippen molar-refractivity contribution in [2.75, 3.05) is 20.3 Å². The molecule has 1 amide bonds. The lowest BCUT2D eigenvalue weighted by Gasteiger charge is -2.18. The minimum Gasteiger partial charge on any atom is -0.497 e. The molecule has 0 bridgehead atoms. The zero-order valence-electron chi connectivity index (χ0n) is 17.6. The second-order valence-corrected chi connectivity index (χ2v) is 7.28. The van der Waals surface area contributed by atoms with Crippen molar-refractivity contribution in [1.82, 2.24) is 10.3 Å². The number of rotatable bonds is 10. The molecule has 31 heavy (non-hydrogen) atoms. The lowest BCUT2D eigenvalue weighted by molar-refractivity contribution is -0.149. The number of H-pyrrole nitrogens is 1. The monoisotopic (exact) mass is 422 g/mol. The molecule has 0 aliphatic rings. The summed E-state index contributed by atoms with van der Waals surface area (Å²) in [4.78, 5) is 38.1. The van der Waals surface area contributed by atoms with E-state index in [1.54, 1.807) is 7.11 Å². The van der Waals surface area contributed by atoms with Crippen LogP contribution in [0, 0.1) is 0 Å². The van der Waals surface area contributed by atoms with E-state index >= 15 is 0 Å². The second kappa shape index (κ2) is 10.4. The highest BCUT2D eigenvalue weighted by molar-refractivity contribution is 5.85. The number of aromatic amines is 1. The minimum absolute atomic E-state index is 0.0214. The number of hydrogen-bond donors (Lipinski definition) is 2. The van der Waals surface area contributed by atoms with Crippen LogP contribution in [-0.2, 0) is 19.1 Å². The van der Waals surface area contributed by atoms with E-state index in [1.165, 1.54) is 6.92 Å². The van der Waals surface area contributed by atoms with Gasteiger partial charge < -0.3 is 24.6 Å². The number of carbonyl (C=O) groups is 3. The fraction of sp³-hybridized carbons (Fsp3) is 0.292. The lowest BCUT2D eigenvalue weighted by atomic mass is 9.91. The molecule has 3 rings (SSSR count). The number of amides is 1. The van der Waals surface area contributed by atoms with Crippen molar-refractivity contribution in [3.8, 4) is 5.75 Å². The van der Waals surface area contributed by atoms with E-state index in [4.69, 9.17) is 9.47 Å². The van der Waals surface area contributed by atoms with Gasteiger partial charge in [-0.05, 0) is 36.2 Å². The molecule has 0 aliphatic heterocycles. The fourth-order valence-electron chi connectivity index (χ4n) is 3.39. The summed E-state index contributed by atoms with van der Waals surface area (Å²) in [5.41, 5.74) is 3.09. The van der Waals surface area contributed by atoms with Crippen molar-refractivity contribution >= 4 is 28.6 Å². The van der Waals surface area contributed by atoms with Crippen LogP contribution < -0.4 is 10.1 Å². The highest BCUT2D eigenvalue weighted by Crippen LogP contribution is 2.31. The first-order chi connectivity index (χ1) is 15.0. The van der Waals surface area contributed by atoms with E-state index in [9.17, 15) is 14.4 Å². The molecule has 162 valence electrons. The number of para-hydroxylation sites is 1. The molecule has 0 spiro atoms. The number of benzene rings is 2. The van der Waals surface area contributed by atoms with Crippen LogP contribution in [0.3, 0.4) is 0 Å². The van der Waals surface area contributed by atoms with Gasteiger partial charge in [-0.3, -0.25) is 9.59 Å². The smallest absolute Gasteiger partial charge is 0.306 e. The van der Waals surface area contributed by atoms with Crippen molar-refractivity contribution < 1.29 is 23.9 Å². The number of fused-ring (bicyclic) bond motifs is 1. The van der Waals surface area contributed by atoms with Gasteiger partial charge in [0.15, 0.2) is 6.61 Å². The van der Waals surface area contributed by atoms with Crippen LogP contribution in [0.15, 0.2) is 54.7 Å². The summed E-state index contributed by atoms with van der Waals surface area (Å²) in [5, 5.41) is 3.93. The number of aromatic nitrogens is 1. The number of carbonyl (C=O) groups excluding carboxylic acids is 3. The number of hydrogen-bond acceptors (Lipinski definition) is 5. The topological polar surface area (TPSA) is 97.5 Å². The van der Waals surface area contributed by atoms with Gasteiger partial charge >= 0.3 is 5.97 Å². The highest BCUT2D eigenvalue weighted by Gasteiger charge is 2.19. The third-order valence-corrected chi connectivity index (χ3v) is 5.06. The largest absolute Gasteiger partial charge is 0.497 e. The number of ether oxygens (including phenoxy) is 2. The summed E-state index contributed by atoms with van der Waals surface area (Å²) in [6, 6.07) is 15.7. The number of ketones is 1. The average molecular weight is 422 g/mol. The zero-order valence-corrected chi connectivity index (χ0v) is 17.6. The second-order valence-electron chi connectivity index (χ2n) is 7.28. The van der Waals surface area contributed by atoms with Crippen LogP contribution >= 0.6 is 0 Å². The summed E-state index contributed by atoms with van der Waals surface area (Å²) in [6.07, 6.45) is 2.04. The average Bonchev–Trinajstić information content (AvgIpc) is 3.21. The maximum Gasteiger partial charge on any atom is 0.306 e. The third kappa shape index (κ3) is 5.94. The van der Waals surface area contributed by atoms with Crippen molar-refractivity contribution in [3.63, 3.8) is 0 Å². The van der Waals surface area contributed by atoms with E-state index in [0.29, 0.717) is 6.54 Å². The van der Waals surface area contributed by atoms with Gasteiger partial charge in [0.05, 0.1) is 13.5 Å². The Morgan fingerprint density at radius 1 is 1.03 bits per heavy atom. The summed E-state index contributed by atoms with van der Waals surface area (Å²) in [5.74, 6) is -0.409. The molecular weight excluding hydrogens is 396 g/mol. The summed E-state index contributed by atoms with van der Waals surface area (Å²) >= 11 is 0. The summed E-state index contributed by atoms with van der Waals surface area (Å²) in [7, 11) is 1.62.